The molecule has 4 rings (SSSR count). The van der Waals surface area contributed by atoms with Gasteiger partial charge in [-0.1, -0.05) is 24.3 Å². The normalized spacial score (nSPS) is 10.5. The van der Waals surface area contributed by atoms with Gasteiger partial charge in [-0.25, -0.2) is 9.97 Å². The summed E-state index contributed by atoms with van der Waals surface area (Å²) in [5.41, 5.74) is 2.78. The summed E-state index contributed by atoms with van der Waals surface area (Å²) < 4.78 is 0. The second kappa shape index (κ2) is 7.57. The highest BCUT2D eigenvalue weighted by Gasteiger charge is 2.10. The van der Waals surface area contributed by atoms with Crippen LogP contribution in [-0.4, -0.2) is 25.8 Å². The van der Waals surface area contributed by atoms with Gasteiger partial charge in [-0.3, -0.25) is 14.8 Å². The molecule has 1 aromatic carbocycles. The predicted molar refractivity (Wildman–Crippen MR) is 103 cm³/mol. The van der Waals surface area contributed by atoms with E-state index in [0.29, 0.717) is 23.7 Å². The summed E-state index contributed by atoms with van der Waals surface area (Å²) in [6, 6.07) is 13.3. The van der Waals surface area contributed by atoms with Gasteiger partial charge < -0.3 is 10.6 Å². The van der Waals surface area contributed by atoms with Crippen LogP contribution in [0, 0.1) is 0 Å². The van der Waals surface area contributed by atoms with Gasteiger partial charge in [-0.05, 0) is 23.8 Å². The molecular weight excluding hydrogens is 340 g/mol. The first-order valence-corrected chi connectivity index (χ1v) is 8.39. The van der Waals surface area contributed by atoms with Crippen LogP contribution in [-0.2, 0) is 6.54 Å². The highest BCUT2D eigenvalue weighted by atomic mass is 16.1. The molecule has 0 spiro atoms. The Morgan fingerprint density at radius 2 is 1.70 bits per heavy atom. The first-order valence-electron chi connectivity index (χ1n) is 8.39. The molecule has 2 N–H and O–H groups in total. The van der Waals surface area contributed by atoms with Crippen molar-refractivity contribution >= 4 is 28.4 Å². The Kier molecular flexibility index (Phi) is 4.65. The van der Waals surface area contributed by atoms with Crippen molar-refractivity contribution in [3.8, 4) is 0 Å². The first-order chi connectivity index (χ1) is 13.3. The smallest absolute Gasteiger partial charge is 0.258 e. The Balaban J connectivity index is 1.44. The topological polar surface area (TPSA) is 92.7 Å². The Labute approximate surface area is 155 Å². The third-order valence-electron chi connectivity index (χ3n) is 3.97. The largest absolute Gasteiger partial charge is 0.350 e. The van der Waals surface area contributed by atoms with Gasteiger partial charge in [-0.15, -0.1) is 0 Å². The molecule has 0 fully saturated rings. The van der Waals surface area contributed by atoms with Crippen molar-refractivity contribution in [2.24, 2.45) is 0 Å². The van der Waals surface area contributed by atoms with Crippen LogP contribution in [0.1, 0.15) is 15.9 Å². The summed E-state index contributed by atoms with van der Waals surface area (Å²) in [4.78, 5) is 29.3. The van der Waals surface area contributed by atoms with Gasteiger partial charge in [0.25, 0.3) is 5.91 Å². The van der Waals surface area contributed by atoms with Crippen molar-refractivity contribution in [2.45, 2.75) is 6.54 Å². The number of anilines is 2. The zero-order valence-electron chi connectivity index (χ0n) is 14.3. The average molecular weight is 356 g/mol. The lowest BCUT2D eigenvalue weighted by atomic mass is 10.2. The van der Waals surface area contributed by atoms with Crippen molar-refractivity contribution < 1.29 is 4.79 Å². The molecule has 132 valence electrons. The quantitative estimate of drug-likeness (QED) is 0.570. The number of carbonyl (C=O) groups excluding carboxylic acids is 1. The van der Waals surface area contributed by atoms with E-state index in [2.05, 4.69) is 30.6 Å². The second-order valence-electron chi connectivity index (χ2n) is 5.84. The van der Waals surface area contributed by atoms with Crippen LogP contribution >= 0.6 is 0 Å². The Morgan fingerprint density at radius 1 is 0.889 bits per heavy atom. The number of nitrogens with zero attached hydrogens (tertiary/aromatic N) is 4. The molecule has 0 aliphatic rings. The number of fused-ring (bicyclic) bond motifs is 1. The van der Waals surface area contributed by atoms with Crippen LogP contribution in [0.4, 0.5) is 11.6 Å². The van der Waals surface area contributed by atoms with Crippen LogP contribution in [0.5, 0.6) is 0 Å². The van der Waals surface area contributed by atoms with E-state index in [1.165, 1.54) is 12.4 Å². The number of carbonyl (C=O) groups is 1. The minimum Gasteiger partial charge on any atom is -0.350 e. The van der Waals surface area contributed by atoms with E-state index >= 15 is 0 Å². The third-order valence-corrected chi connectivity index (χ3v) is 3.97. The number of nitrogens with one attached hydrogen (secondary N) is 2. The molecule has 0 aliphatic carbocycles. The van der Waals surface area contributed by atoms with E-state index in [1.54, 1.807) is 18.6 Å². The van der Waals surface area contributed by atoms with Gasteiger partial charge in [0, 0.05) is 42.9 Å². The lowest BCUT2D eigenvalue weighted by Crippen LogP contribution is -2.14. The summed E-state index contributed by atoms with van der Waals surface area (Å²) in [7, 11) is 0. The minimum absolute atomic E-state index is 0.285. The number of para-hydroxylation sites is 1. The molecule has 27 heavy (non-hydrogen) atoms. The van der Waals surface area contributed by atoms with E-state index in [0.717, 1.165) is 16.5 Å². The standard InChI is InChI=1S/C20H16N6O/c27-19(26-17-7-1-5-15-6-3-9-22-18(15)17)16-12-24-20(25-13-16)23-11-14-4-2-8-21-10-14/h1-10,12-13H,11H2,(H,26,27)(H,23,24,25). The van der Waals surface area contributed by atoms with Gasteiger partial charge in [0.1, 0.15) is 0 Å². The number of hydrogen-bond donors (Lipinski definition) is 2. The number of amides is 1. The fraction of sp³-hybridized carbons (Fsp3) is 0.0500. The molecule has 4 aromatic rings. The van der Waals surface area contributed by atoms with E-state index < -0.39 is 0 Å². The van der Waals surface area contributed by atoms with Crippen LogP contribution < -0.4 is 10.6 Å². The van der Waals surface area contributed by atoms with E-state index in [1.807, 2.05) is 42.5 Å². The molecule has 0 radical (unpaired) electrons. The Bertz CT molecular complexity index is 1060. The number of rotatable bonds is 5. The molecule has 3 heterocycles. The first kappa shape index (κ1) is 16.6. The molecule has 0 atom stereocenters. The fourth-order valence-electron chi connectivity index (χ4n) is 2.62. The van der Waals surface area contributed by atoms with Gasteiger partial charge >= 0.3 is 0 Å². The van der Waals surface area contributed by atoms with Crippen molar-refractivity contribution in [1.82, 2.24) is 19.9 Å². The molecule has 3 aromatic heterocycles. The molecule has 7 heteroatoms. The summed E-state index contributed by atoms with van der Waals surface area (Å²) in [6.07, 6.45) is 8.18. The van der Waals surface area contributed by atoms with Crippen molar-refractivity contribution in [3.63, 3.8) is 0 Å². The Hall–Kier alpha value is -3.87. The lowest BCUT2D eigenvalue weighted by Gasteiger charge is -2.08. The molecule has 0 bridgehead atoms. The highest BCUT2D eigenvalue weighted by Crippen LogP contribution is 2.21. The Morgan fingerprint density at radius 3 is 2.52 bits per heavy atom. The maximum absolute atomic E-state index is 12.5. The highest BCUT2D eigenvalue weighted by molar-refractivity contribution is 6.08. The summed E-state index contributed by atoms with van der Waals surface area (Å²) in [5.74, 6) is 0.161. The van der Waals surface area contributed by atoms with Crippen molar-refractivity contribution in [2.75, 3.05) is 10.6 Å². The van der Waals surface area contributed by atoms with Gasteiger partial charge in [0.2, 0.25) is 5.95 Å². The number of aromatic nitrogens is 4. The molecule has 0 unspecified atom stereocenters. The monoisotopic (exact) mass is 356 g/mol. The van der Waals surface area contributed by atoms with Crippen LogP contribution in [0.2, 0.25) is 0 Å². The summed E-state index contributed by atoms with van der Waals surface area (Å²) >= 11 is 0. The average Bonchev–Trinajstić information content (AvgIpc) is 2.74. The van der Waals surface area contributed by atoms with Crippen LogP contribution in [0.15, 0.2) is 73.4 Å². The van der Waals surface area contributed by atoms with Gasteiger partial charge in [0.15, 0.2) is 0 Å². The molecular formula is C20H16N6O. The molecule has 7 nitrogen and oxygen atoms in total. The van der Waals surface area contributed by atoms with Gasteiger partial charge in [0.05, 0.1) is 16.8 Å². The zero-order valence-corrected chi connectivity index (χ0v) is 14.3. The zero-order chi connectivity index (χ0) is 18.5. The number of hydrogen-bond acceptors (Lipinski definition) is 6. The van der Waals surface area contributed by atoms with Crippen molar-refractivity contribution in [1.29, 1.82) is 0 Å². The van der Waals surface area contributed by atoms with Crippen LogP contribution in [0.25, 0.3) is 10.9 Å². The maximum atomic E-state index is 12.5. The van der Waals surface area contributed by atoms with Gasteiger partial charge in [-0.2, -0.15) is 0 Å². The minimum atomic E-state index is -0.285. The summed E-state index contributed by atoms with van der Waals surface area (Å²) in [5, 5.41) is 6.93. The lowest BCUT2D eigenvalue weighted by molar-refractivity contribution is 0.102. The number of pyridine rings is 2. The van der Waals surface area contributed by atoms with E-state index in [-0.39, 0.29) is 5.91 Å². The molecule has 0 aliphatic heterocycles. The molecule has 0 saturated carbocycles. The fourth-order valence-corrected chi connectivity index (χ4v) is 2.62. The summed E-state index contributed by atoms with van der Waals surface area (Å²) in [6.45, 7) is 0.557. The molecule has 1 amide bonds. The van der Waals surface area contributed by atoms with E-state index in [4.69, 9.17) is 0 Å². The molecule has 0 saturated heterocycles. The van der Waals surface area contributed by atoms with Crippen LogP contribution in [0.3, 0.4) is 0 Å². The number of benzene rings is 1. The maximum Gasteiger partial charge on any atom is 0.258 e. The second-order valence-corrected chi connectivity index (χ2v) is 5.84. The van der Waals surface area contributed by atoms with Crippen molar-refractivity contribution in [3.05, 3.63) is 84.6 Å². The SMILES string of the molecule is O=C(Nc1cccc2cccnc12)c1cnc(NCc2cccnc2)nc1. The third kappa shape index (κ3) is 3.87. The predicted octanol–water partition coefficient (Wildman–Crippen LogP) is 3.28. The van der Waals surface area contributed by atoms with E-state index in [9.17, 15) is 4.79 Å².